The van der Waals surface area contributed by atoms with Crippen LogP contribution in [0.3, 0.4) is 0 Å². The Labute approximate surface area is 62.0 Å². The average Bonchev–Trinajstić information content (AvgIpc) is 2.15. The lowest BCUT2D eigenvalue weighted by Crippen LogP contribution is -2.09. The van der Waals surface area contributed by atoms with Gasteiger partial charge in [0.05, 0.1) is 6.20 Å². The number of nitrogens with zero attached hydrogens (tertiary/aromatic N) is 2. The minimum Gasteiger partial charge on any atom is -0.480 e. The molecule has 1 aromatic heterocycles. The molecule has 10 heavy (non-hydrogen) atoms. The van der Waals surface area contributed by atoms with E-state index in [1.807, 2.05) is 0 Å². The van der Waals surface area contributed by atoms with Crippen LogP contribution in [0, 0.1) is 0 Å². The molecule has 0 unspecified atom stereocenters. The standard InChI is InChI=1S/C5H5ClN2O2/c6-4-1-2-7-8(4)3-5(9)10/h1-2H,3H2,(H,9,10). The number of rotatable bonds is 2. The van der Waals surface area contributed by atoms with Crippen LogP contribution in [0.2, 0.25) is 5.15 Å². The molecule has 0 amide bonds. The fourth-order valence-corrected chi connectivity index (χ4v) is 0.721. The van der Waals surface area contributed by atoms with Gasteiger partial charge in [-0.2, -0.15) is 5.10 Å². The molecule has 0 saturated heterocycles. The third-order valence-electron chi connectivity index (χ3n) is 0.950. The van der Waals surface area contributed by atoms with Crippen molar-refractivity contribution in [2.75, 3.05) is 0 Å². The number of hydrogen-bond acceptors (Lipinski definition) is 2. The number of carbonyl (C=O) groups is 1. The SMILES string of the molecule is O=C(O)Cn1nccc1Cl. The molecule has 0 aliphatic carbocycles. The van der Waals surface area contributed by atoms with Crippen LogP contribution in [0.4, 0.5) is 0 Å². The molecular weight excluding hydrogens is 156 g/mol. The molecular formula is C5H5ClN2O2. The number of aromatic nitrogens is 2. The van der Waals surface area contributed by atoms with Gasteiger partial charge in [-0.1, -0.05) is 11.6 Å². The minimum atomic E-state index is -0.953. The first-order valence-corrected chi connectivity index (χ1v) is 2.97. The van der Waals surface area contributed by atoms with Gasteiger partial charge >= 0.3 is 5.97 Å². The Balaban J connectivity index is 2.74. The van der Waals surface area contributed by atoms with Crippen LogP contribution in [-0.2, 0) is 11.3 Å². The highest BCUT2D eigenvalue weighted by molar-refractivity contribution is 6.29. The number of halogens is 1. The second-order valence-electron chi connectivity index (χ2n) is 1.71. The molecule has 0 atom stereocenters. The molecule has 0 saturated carbocycles. The van der Waals surface area contributed by atoms with Crippen LogP contribution in [0.5, 0.6) is 0 Å². The Kier molecular flexibility index (Phi) is 1.91. The maximum Gasteiger partial charge on any atom is 0.325 e. The molecule has 1 N–H and O–H groups in total. The predicted octanol–water partition coefficient (Wildman–Crippen LogP) is 0.621. The summed E-state index contributed by atoms with van der Waals surface area (Å²) in [5, 5.41) is 12.3. The van der Waals surface area contributed by atoms with E-state index in [1.165, 1.54) is 16.9 Å². The number of carboxylic acid groups (broad SMARTS) is 1. The van der Waals surface area contributed by atoms with E-state index in [2.05, 4.69) is 5.10 Å². The van der Waals surface area contributed by atoms with E-state index in [4.69, 9.17) is 16.7 Å². The predicted molar refractivity (Wildman–Crippen MR) is 34.9 cm³/mol. The third-order valence-corrected chi connectivity index (χ3v) is 1.27. The zero-order valence-corrected chi connectivity index (χ0v) is 5.75. The van der Waals surface area contributed by atoms with Crippen molar-refractivity contribution in [1.82, 2.24) is 9.78 Å². The van der Waals surface area contributed by atoms with Crippen molar-refractivity contribution in [2.45, 2.75) is 6.54 Å². The summed E-state index contributed by atoms with van der Waals surface area (Å²) in [4.78, 5) is 10.1. The minimum absolute atomic E-state index is 0.189. The van der Waals surface area contributed by atoms with Gasteiger partial charge < -0.3 is 5.11 Å². The summed E-state index contributed by atoms with van der Waals surface area (Å²) in [6, 6.07) is 1.53. The van der Waals surface area contributed by atoms with Crippen LogP contribution in [0.15, 0.2) is 12.3 Å². The Morgan fingerprint density at radius 2 is 2.60 bits per heavy atom. The summed E-state index contributed by atoms with van der Waals surface area (Å²) in [5.74, 6) is -0.953. The Morgan fingerprint density at radius 1 is 1.90 bits per heavy atom. The molecule has 0 spiro atoms. The second-order valence-corrected chi connectivity index (χ2v) is 2.09. The molecule has 1 rings (SSSR count). The lowest BCUT2D eigenvalue weighted by atomic mass is 10.6. The van der Waals surface area contributed by atoms with Gasteiger partial charge in [0.1, 0.15) is 11.7 Å². The summed E-state index contributed by atoms with van der Waals surface area (Å²) < 4.78 is 1.20. The first-order valence-electron chi connectivity index (χ1n) is 2.59. The van der Waals surface area contributed by atoms with Crippen LogP contribution in [0.25, 0.3) is 0 Å². The third kappa shape index (κ3) is 1.48. The molecule has 1 heterocycles. The van der Waals surface area contributed by atoms with Gasteiger partial charge in [-0.15, -0.1) is 0 Å². The van der Waals surface area contributed by atoms with Crippen molar-refractivity contribution in [2.24, 2.45) is 0 Å². The lowest BCUT2D eigenvalue weighted by molar-refractivity contribution is -0.137. The quantitative estimate of drug-likeness (QED) is 0.690. The maximum absolute atomic E-state index is 10.1. The summed E-state index contributed by atoms with van der Waals surface area (Å²) in [7, 11) is 0. The van der Waals surface area contributed by atoms with Crippen molar-refractivity contribution >= 4 is 17.6 Å². The van der Waals surface area contributed by atoms with Crippen molar-refractivity contribution in [3.63, 3.8) is 0 Å². The molecule has 5 heteroatoms. The van der Waals surface area contributed by atoms with Gasteiger partial charge in [0.15, 0.2) is 0 Å². The molecule has 0 radical (unpaired) electrons. The summed E-state index contributed by atoms with van der Waals surface area (Å²) >= 11 is 5.52. The van der Waals surface area contributed by atoms with E-state index >= 15 is 0 Å². The van der Waals surface area contributed by atoms with Crippen molar-refractivity contribution in [3.8, 4) is 0 Å². The van der Waals surface area contributed by atoms with Gasteiger partial charge in [-0.05, 0) is 6.07 Å². The number of carboxylic acids is 1. The van der Waals surface area contributed by atoms with Gasteiger partial charge in [0.2, 0.25) is 0 Å². The molecule has 1 aromatic rings. The molecule has 0 aliphatic rings. The van der Waals surface area contributed by atoms with Crippen LogP contribution >= 0.6 is 11.6 Å². The topological polar surface area (TPSA) is 55.1 Å². The normalized spacial score (nSPS) is 9.70. The van der Waals surface area contributed by atoms with E-state index in [-0.39, 0.29) is 6.54 Å². The monoisotopic (exact) mass is 160 g/mol. The smallest absolute Gasteiger partial charge is 0.325 e. The largest absolute Gasteiger partial charge is 0.480 e. The lowest BCUT2D eigenvalue weighted by Gasteiger charge is -1.95. The Morgan fingerprint density at radius 3 is 3.00 bits per heavy atom. The van der Waals surface area contributed by atoms with Crippen LogP contribution in [-0.4, -0.2) is 20.9 Å². The summed E-state index contributed by atoms with van der Waals surface area (Å²) in [6.07, 6.45) is 1.45. The van der Waals surface area contributed by atoms with E-state index in [0.717, 1.165) is 0 Å². The number of hydrogen-bond donors (Lipinski definition) is 1. The first-order chi connectivity index (χ1) is 4.70. The van der Waals surface area contributed by atoms with Crippen LogP contribution < -0.4 is 0 Å². The molecule has 0 aliphatic heterocycles. The highest BCUT2D eigenvalue weighted by Gasteiger charge is 2.02. The van der Waals surface area contributed by atoms with Gasteiger partial charge in [-0.25, -0.2) is 4.68 Å². The summed E-state index contributed by atoms with van der Waals surface area (Å²) in [5.41, 5.74) is 0. The number of aliphatic carboxylic acids is 1. The zero-order chi connectivity index (χ0) is 7.56. The zero-order valence-electron chi connectivity index (χ0n) is 4.99. The van der Waals surface area contributed by atoms with Crippen molar-refractivity contribution in [3.05, 3.63) is 17.4 Å². The summed E-state index contributed by atoms with van der Waals surface area (Å²) in [6.45, 7) is -0.189. The highest BCUT2D eigenvalue weighted by atomic mass is 35.5. The average molecular weight is 161 g/mol. The van der Waals surface area contributed by atoms with E-state index in [1.54, 1.807) is 0 Å². The van der Waals surface area contributed by atoms with Crippen LogP contribution in [0.1, 0.15) is 0 Å². The van der Waals surface area contributed by atoms with Gasteiger partial charge in [0.25, 0.3) is 0 Å². The molecule has 0 aromatic carbocycles. The maximum atomic E-state index is 10.1. The van der Waals surface area contributed by atoms with Crippen molar-refractivity contribution < 1.29 is 9.90 Å². The fraction of sp³-hybridized carbons (Fsp3) is 0.200. The van der Waals surface area contributed by atoms with E-state index in [9.17, 15) is 4.79 Å². The van der Waals surface area contributed by atoms with Crippen molar-refractivity contribution in [1.29, 1.82) is 0 Å². The fourth-order valence-electron chi connectivity index (χ4n) is 0.561. The Bertz CT molecular complexity index is 246. The molecule has 0 bridgehead atoms. The highest BCUT2D eigenvalue weighted by Crippen LogP contribution is 2.04. The second kappa shape index (κ2) is 2.70. The molecule has 4 nitrogen and oxygen atoms in total. The Hall–Kier alpha value is -1.03. The van der Waals surface area contributed by atoms with Gasteiger partial charge in [-0.3, -0.25) is 4.79 Å². The van der Waals surface area contributed by atoms with E-state index in [0.29, 0.717) is 5.15 Å². The molecule has 54 valence electrons. The molecule has 0 fully saturated rings. The first kappa shape index (κ1) is 7.08. The van der Waals surface area contributed by atoms with E-state index < -0.39 is 5.97 Å². The van der Waals surface area contributed by atoms with Gasteiger partial charge in [0, 0.05) is 0 Å².